The van der Waals surface area contributed by atoms with Crippen LogP contribution >= 0.6 is 34.5 Å². The predicted octanol–water partition coefficient (Wildman–Crippen LogP) is 6.85. The van der Waals surface area contributed by atoms with Crippen LogP contribution in [0.4, 0.5) is 5.13 Å². The third-order valence-corrected chi connectivity index (χ3v) is 7.29. The molecule has 1 N–H and O–H groups in total. The van der Waals surface area contributed by atoms with Gasteiger partial charge in [-0.1, -0.05) is 64.4 Å². The molecule has 0 spiro atoms. The lowest BCUT2D eigenvalue weighted by Gasteiger charge is -2.23. The van der Waals surface area contributed by atoms with Crippen molar-refractivity contribution < 1.29 is 14.7 Å². The second-order valence-corrected chi connectivity index (χ2v) is 10.0. The summed E-state index contributed by atoms with van der Waals surface area (Å²) >= 11 is 13.7. The van der Waals surface area contributed by atoms with E-state index in [0.717, 1.165) is 15.8 Å². The van der Waals surface area contributed by atoms with E-state index in [1.54, 1.807) is 48.5 Å². The molecule has 170 valence electrons. The highest BCUT2D eigenvalue weighted by atomic mass is 35.5. The van der Waals surface area contributed by atoms with Crippen molar-refractivity contribution >= 4 is 67.3 Å². The maximum Gasteiger partial charge on any atom is 0.301 e. The molecule has 1 atom stereocenters. The Bertz CT molecular complexity index is 1530. The van der Waals surface area contributed by atoms with Crippen LogP contribution in [0, 0.1) is 13.8 Å². The first-order chi connectivity index (χ1) is 16.2. The van der Waals surface area contributed by atoms with Crippen LogP contribution in [0.1, 0.15) is 28.3 Å². The molecule has 1 aromatic heterocycles. The summed E-state index contributed by atoms with van der Waals surface area (Å²) in [6.07, 6.45) is 0. The van der Waals surface area contributed by atoms with Gasteiger partial charge >= 0.3 is 5.91 Å². The van der Waals surface area contributed by atoms with Crippen molar-refractivity contribution in [3.63, 3.8) is 0 Å². The van der Waals surface area contributed by atoms with Crippen molar-refractivity contribution in [2.24, 2.45) is 0 Å². The molecule has 5 nitrogen and oxygen atoms in total. The number of halogens is 2. The summed E-state index contributed by atoms with van der Waals surface area (Å²) in [6.45, 7) is 3.74. The minimum atomic E-state index is -0.894. The Hall–Kier alpha value is -3.19. The predicted molar refractivity (Wildman–Crippen MR) is 137 cm³/mol. The minimum Gasteiger partial charge on any atom is -0.507 e. The summed E-state index contributed by atoms with van der Waals surface area (Å²) in [5, 5.41) is 12.7. The number of fused-ring (bicyclic) bond motifs is 1. The fraction of sp³-hybridized carbons (Fsp3) is 0.115. The van der Waals surface area contributed by atoms with Crippen molar-refractivity contribution in [3.8, 4) is 0 Å². The molecule has 0 saturated carbocycles. The zero-order chi connectivity index (χ0) is 24.1. The number of aliphatic hydroxyl groups is 1. The lowest BCUT2D eigenvalue weighted by molar-refractivity contribution is -0.132. The highest BCUT2D eigenvalue weighted by molar-refractivity contribution is 7.22. The molecule has 4 aromatic rings. The molecule has 5 rings (SSSR count). The minimum absolute atomic E-state index is 0.00162. The van der Waals surface area contributed by atoms with Gasteiger partial charge in [-0.3, -0.25) is 14.5 Å². The first kappa shape index (κ1) is 22.6. The number of benzene rings is 3. The molecule has 2 heterocycles. The van der Waals surface area contributed by atoms with Gasteiger partial charge in [-0.05, 0) is 61.4 Å². The molecule has 1 saturated heterocycles. The maximum atomic E-state index is 13.4. The number of rotatable bonds is 3. The molecule has 0 radical (unpaired) electrons. The van der Waals surface area contributed by atoms with Crippen LogP contribution in [-0.2, 0) is 9.59 Å². The Balaban J connectivity index is 1.77. The van der Waals surface area contributed by atoms with E-state index in [2.05, 4.69) is 4.98 Å². The van der Waals surface area contributed by atoms with Crippen LogP contribution in [0.3, 0.4) is 0 Å². The van der Waals surface area contributed by atoms with Gasteiger partial charge in [-0.2, -0.15) is 0 Å². The molecular weight excluding hydrogens is 491 g/mol. The number of thiazole rings is 1. The SMILES string of the molecule is Cc1ccc(C)c(C(O)=C2C(=O)C(=O)N(c3nc4ccc(Cl)cc4s3)C2c2cccc(Cl)c2)c1. The molecular formula is C26H18Cl2N2O3S. The average molecular weight is 509 g/mol. The van der Waals surface area contributed by atoms with Gasteiger partial charge in [0.25, 0.3) is 5.78 Å². The van der Waals surface area contributed by atoms with Crippen molar-refractivity contribution in [2.45, 2.75) is 19.9 Å². The number of aliphatic hydroxyl groups excluding tert-OH is 1. The third kappa shape index (κ3) is 3.78. The number of carbonyl (C=O) groups excluding carboxylic acids is 2. The fourth-order valence-electron chi connectivity index (χ4n) is 4.15. The Morgan fingerprint density at radius 2 is 1.76 bits per heavy atom. The smallest absolute Gasteiger partial charge is 0.301 e. The van der Waals surface area contributed by atoms with Gasteiger partial charge in [0, 0.05) is 15.6 Å². The van der Waals surface area contributed by atoms with E-state index in [1.807, 2.05) is 26.0 Å². The van der Waals surface area contributed by atoms with Gasteiger partial charge in [-0.25, -0.2) is 4.98 Å². The number of hydrogen-bond donors (Lipinski definition) is 1. The van der Waals surface area contributed by atoms with Crippen molar-refractivity contribution in [2.75, 3.05) is 4.90 Å². The molecule has 34 heavy (non-hydrogen) atoms. The van der Waals surface area contributed by atoms with Gasteiger partial charge in [0.1, 0.15) is 5.76 Å². The van der Waals surface area contributed by atoms with E-state index >= 15 is 0 Å². The van der Waals surface area contributed by atoms with Crippen LogP contribution in [0.2, 0.25) is 10.0 Å². The van der Waals surface area contributed by atoms with Crippen molar-refractivity contribution in [1.82, 2.24) is 4.98 Å². The number of Topliss-reactive ketones (excluding diaryl/α,β-unsaturated/α-hetero) is 1. The molecule has 1 amide bonds. The number of carbonyl (C=O) groups is 2. The number of amides is 1. The molecule has 1 aliphatic heterocycles. The fourth-order valence-corrected chi connectivity index (χ4v) is 5.61. The summed E-state index contributed by atoms with van der Waals surface area (Å²) in [5.41, 5.74) is 3.46. The highest BCUT2D eigenvalue weighted by Gasteiger charge is 2.48. The van der Waals surface area contributed by atoms with E-state index in [0.29, 0.717) is 31.8 Å². The summed E-state index contributed by atoms with van der Waals surface area (Å²) in [5.74, 6) is -1.76. The van der Waals surface area contributed by atoms with E-state index < -0.39 is 17.7 Å². The molecule has 0 aliphatic carbocycles. The van der Waals surface area contributed by atoms with Crippen LogP contribution in [0.15, 0.2) is 66.2 Å². The van der Waals surface area contributed by atoms with Gasteiger partial charge in [0.2, 0.25) is 0 Å². The summed E-state index contributed by atoms with van der Waals surface area (Å²) < 4.78 is 0.781. The van der Waals surface area contributed by atoms with Crippen LogP contribution in [0.5, 0.6) is 0 Å². The largest absolute Gasteiger partial charge is 0.507 e. The molecule has 1 unspecified atom stereocenters. The Morgan fingerprint density at radius 3 is 2.53 bits per heavy atom. The lowest BCUT2D eigenvalue weighted by atomic mass is 9.93. The third-order valence-electron chi connectivity index (χ3n) is 5.80. The highest BCUT2D eigenvalue weighted by Crippen LogP contribution is 2.45. The normalized spacial score (nSPS) is 17.6. The Labute approximate surface area is 209 Å². The quantitative estimate of drug-likeness (QED) is 0.186. The van der Waals surface area contributed by atoms with Crippen LogP contribution in [-0.4, -0.2) is 21.8 Å². The second-order valence-electron chi connectivity index (χ2n) is 8.15. The second kappa shape index (κ2) is 8.55. The van der Waals surface area contributed by atoms with Crippen LogP contribution in [0.25, 0.3) is 16.0 Å². The van der Waals surface area contributed by atoms with Gasteiger partial charge in [0.05, 0.1) is 21.8 Å². The van der Waals surface area contributed by atoms with E-state index in [1.165, 1.54) is 16.2 Å². The molecule has 1 aliphatic rings. The first-order valence-electron chi connectivity index (χ1n) is 10.4. The molecule has 0 bridgehead atoms. The summed E-state index contributed by atoms with van der Waals surface area (Å²) in [7, 11) is 0. The number of aryl methyl sites for hydroxylation is 2. The number of ketones is 1. The van der Waals surface area contributed by atoms with Gasteiger partial charge in [-0.15, -0.1) is 0 Å². The molecule has 8 heteroatoms. The Kier molecular flexibility index (Phi) is 5.68. The summed E-state index contributed by atoms with van der Waals surface area (Å²) in [6, 6.07) is 16.9. The molecule has 1 fully saturated rings. The zero-order valence-corrected chi connectivity index (χ0v) is 20.5. The van der Waals surface area contributed by atoms with E-state index in [-0.39, 0.29) is 11.3 Å². The Morgan fingerprint density at radius 1 is 1.00 bits per heavy atom. The lowest BCUT2D eigenvalue weighted by Crippen LogP contribution is -2.29. The van der Waals surface area contributed by atoms with Crippen molar-refractivity contribution in [1.29, 1.82) is 0 Å². The number of aromatic nitrogens is 1. The number of hydrogen-bond acceptors (Lipinski definition) is 5. The van der Waals surface area contributed by atoms with Gasteiger partial charge < -0.3 is 5.11 Å². The average Bonchev–Trinajstić information content (AvgIpc) is 3.33. The van der Waals surface area contributed by atoms with Crippen LogP contribution < -0.4 is 4.90 Å². The maximum absolute atomic E-state index is 13.4. The standard InChI is InChI=1S/C26H18Cl2N2O3S/c1-13-6-7-14(2)18(10-13)23(31)21-22(15-4-3-5-16(27)11-15)30(25(33)24(21)32)26-29-19-9-8-17(28)12-20(19)34-26/h3-12,22,31H,1-2H3. The van der Waals surface area contributed by atoms with Crippen molar-refractivity contribution in [3.05, 3.63) is 98.5 Å². The van der Waals surface area contributed by atoms with E-state index in [9.17, 15) is 14.7 Å². The van der Waals surface area contributed by atoms with Gasteiger partial charge in [0.15, 0.2) is 5.13 Å². The molecule has 3 aromatic carbocycles. The summed E-state index contributed by atoms with van der Waals surface area (Å²) in [4.78, 5) is 32.6. The topological polar surface area (TPSA) is 70.5 Å². The number of anilines is 1. The monoisotopic (exact) mass is 508 g/mol. The first-order valence-corrected chi connectivity index (χ1v) is 12.0. The number of nitrogens with zero attached hydrogens (tertiary/aromatic N) is 2. The van der Waals surface area contributed by atoms with E-state index in [4.69, 9.17) is 23.2 Å². The zero-order valence-electron chi connectivity index (χ0n) is 18.2.